The Morgan fingerprint density at radius 2 is 2.23 bits per heavy atom. The third kappa shape index (κ3) is 3.19. The van der Waals surface area contributed by atoms with Gasteiger partial charge in [-0.2, -0.15) is 0 Å². The van der Waals surface area contributed by atoms with Gasteiger partial charge in [0.1, 0.15) is 5.01 Å². The first-order chi connectivity index (χ1) is 10.7. The molecule has 0 radical (unpaired) electrons. The fourth-order valence-electron chi connectivity index (χ4n) is 2.84. The number of fused-ring (bicyclic) bond motifs is 1. The van der Waals surface area contributed by atoms with Crippen LogP contribution in [-0.2, 0) is 35.6 Å². The predicted molar refractivity (Wildman–Crippen MR) is 85.2 cm³/mol. The number of carbonyl (C=O) groups is 1. The number of benzene rings is 1. The number of amides is 1. The number of thiazole rings is 1. The highest BCUT2D eigenvalue weighted by Crippen LogP contribution is 2.25. The third-order valence-corrected chi connectivity index (χ3v) is 4.78. The van der Waals surface area contributed by atoms with Crippen LogP contribution in [0.3, 0.4) is 0 Å². The van der Waals surface area contributed by atoms with Crippen LogP contribution in [-0.4, -0.2) is 28.9 Å². The maximum absolute atomic E-state index is 11.8. The average molecular weight is 317 g/mol. The first-order valence-corrected chi connectivity index (χ1v) is 8.07. The number of hydrogen-bond acceptors (Lipinski definition) is 5. The van der Waals surface area contributed by atoms with Gasteiger partial charge in [-0.15, -0.1) is 11.3 Å². The minimum Gasteiger partial charge on any atom is -0.378 e. The molecule has 1 aliphatic rings. The molecule has 2 heterocycles. The molecule has 116 valence electrons. The van der Waals surface area contributed by atoms with Crippen molar-refractivity contribution in [2.75, 3.05) is 7.11 Å². The standard InChI is InChI=1S/C16H19N3O2S/c1-21-9-15-18-13(10-22-15)8-19-7-12-5-3-2-4-11(12)6-14(19)16(17)20/h2-5,10,14H,6-9H2,1H3,(H2,17,20)/t14-/m0/s1. The molecule has 1 amide bonds. The van der Waals surface area contributed by atoms with Crippen molar-refractivity contribution in [3.05, 3.63) is 51.5 Å². The molecule has 1 atom stereocenters. The molecule has 0 unspecified atom stereocenters. The third-order valence-electron chi connectivity index (χ3n) is 3.91. The first kappa shape index (κ1) is 15.1. The van der Waals surface area contributed by atoms with Gasteiger partial charge in [0, 0.05) is 25.6 Å². The lowest BCUT2D eigenvalue weighted by Gasteiger charge is -2.34. The first-order valence-electron chi connectivity index (χ1n) is 7.19. The molecule has 0 saturated heterocycles. The molecule has 1 aromatic heterocycles. The number of nitrogens with two attached hydrogens (primary N) is 1. The van der Waals surface area contributed by atoms with Gasteiger partial charge in [0.2, 0.25) is 5.91 Å². The molecule has 6 heteroatoms. The summed E-state index contributed by atoms with van der Waals surface area (Å²) in [6.45, 7) is 1.87. The van der Waals surface area contributed by atoms with Crippen LogP contribution in [0.15, 0.2) is 29.6 Å². The van der Waals surface area contributed by atoms with Gasteiger partial charge in [0.25, 0.3) is 0 Å². The van der Waals surface area contributed by atoms with Gasteiger partial charge in [-0.05, 0) is 17.5 Å². The van der Waals surface area contributed by atoms with E-state index in [1.807, 2.05) is 17.5 Å². The van der Waals surface area contributed by atoms with Crippen LogP contribution < -0.4 is 5.73 Å². The highest BCUT2D eigenvalue weighted by Gasteiger charge is 2.30. The van der Waals surface area contributed by atoms with E-state index < -0.39 is 0 Å². The summed E-state index contributed by atoms with van der Waals surface area (Å²) < 4.78 is 5.10. The van der Waals surface area contributed by atoms with Crippen molar-refractivity contribution in [2.24, 2.45) is 5.73 Å². The minimum absolute atomic E-state index is 0.275. The summed E-state index contributed by atoms with van der Waals surface area (Å²) in [5.74, 6) is -0.276. The molecule has 3 rings (SSSR count). The Morgan fingerprint density at radius 3 is 2.95 bits per heavy atom. The lowest BCUT2D eigenvalue weighted by Crippen LogP contribution is -2.48. The van der Waals surface area contributed by atoms with Crippen molar-refractivity contribution in [1.29, 1.82) is 0 Å². The average Bonchev–Trinajstić information content (AvgIpc) is 2.94. The monoisotopic (exact) mass is 317 g/mol. The van der Waals surface area contributed by atoms with Gasteiger partial charge in [-0.1, -0.05) is 24.3 Å². The van der Waals surface area contributed by atoms with E-state index in [1.165, 1.54) is 11.1 Å². The number of aromatic nitrogens is 1. The summed E-state index contributed by atoms with van der Waals surface area (Å²) in [6.07, 6.45) is 0.667. The van der Waals surface area contributed by atoms with E-state index in [2.05, 4.69) is 22.0 Å². The second kappa shape index (κ2) is 6.56. The summed E-state index contributed by atoms with van der Waals surface area (Å²) in [4.78, 5) is 18.5. The molecule has 0 saturated carbocycles. The van der Waals surface area contributed by atoms with Gasteiger partial charge in [-0.25, -0.2) is 4.98 Å². The van der Waals surface area contributed by atoms with Crippen molar-refractivity contribution in [2.45, 2.75) is 32.2 Å². The highest BCUT2D eigenvalue weighted by molar-refractivity contribution is 7.09. The maximum atomic E-state index is 11.8. The maximum Gasteiger partial charge on any atom is 0.235 e. The summed E-state index contributed by atoms with van der Waals surface area (Å²) >= 11 is 1.58. The van der Waals surface area contributed by atoms with E-state index in [4.69, 9.17) is 10.5 Å². The van der Waals surface area contributed by atoms with E-state index in [0.29, 0.717) is 19.6 Å². The summed E-state index contributed by atoms with van der Waals surface area (Å²) in [5, 5.41) is 2.97. The lowest BCUT2D eigenvalue weighted by atomic mass is 9.93. The van der Waals surface area contributed by atoms with Gasteiger partial charge in [0.15, 0.2) is 0 Å². The topological polar surface area (TPSA) is 68.4 Å². The Morgan fingerprint density at radius 1 is 1.45 bits per heavy atom. The second-order valence-electron chi connectivity index (χ2n) is 5.46. The van der Waals surface area contributed by atoms with Gasteiger partial charge >= 0.3 is 0 Å². The minimum atomic E-state index is -0.276. The van der Waals surface area contributed by atoms with Gasteiger partial charge in [0.05, 0.1) is 18.3 Å². The van der Waals surface area contributed by atoms with Crippen LogP contribution in [0.5, 0.6) is 0 Å². The van der Waals surface area contributed by atoms with Crippen LogP contribution >= 0.6 is 11.3 Å². The van der Waals surface area contributed by atoms with Crippen molar-refractivity contribution < 1.29 is 9.53 Å². The molecule has 1 aromatic carbocycles. The lowest BCUT2D eigenvalue weighted by molar-refractivity contribution is -0.124. The zero-order valence-corrected chi connectivity index (χ0v) is 13.3. The zero-order valence-electron chi connectivity index (χ0n) is 12.5. The summed E-state index contributed by atoms with van der Waals surface area (Å²) in [5.41, 5.74) is 9.03. The van der Waals surface area contributed by atoms with Crippen LogP contribution in [0, 0.1) is 0 Å². The Labute approximate surface area is 133 Å². The van der Waals surface area contributed by atoms with Gasteiger partial charge in [-0.3, -0.25) is 9.69 Å². The molecule has 0 bridgehead atoms. The quantitative estimate of drug-likeness (QED) is 0.911. The number of carbonyl (C=O) groups excluding carboxylic acids is 1. The molecule has 1 aliphatic heterocycles. The highest BCUT2D eigenvalue weighted by atomic mass is 32.1. The van der Waals surface area contributed by atoms with E-state index in [1.54, 1.807) is 18.4 Å². The Kier molecular flexibility index (Phi) is 4.52. The molecule has 2 aromatic rings. The predicted octanol–water partition coefficient (Wildman–Crippen LogP) is 1.70. The van der Waals surface area contributed by atoms with E-state index in [9.17, 15) is 4.79 Å². The largest absolute Gasteiger partial charge is 0.378 e. The SMILES string of the molecule is COCc1nc(CN2Cc3ccccc3C[C@H]2C(N)=O)cs1. The fraction of sp³-hybridized carbons (Fsp3) is 0.375. The number of ether oxygens (including phenoxy) is 1. The summed E-state index contributed by atoms with van der Waals surface area (Å²) in [7, 11) is 1.66. The molecule has 0 fully saturated rings. The number of primary amides is 1. The van der Waals surface area contributed by atoms with Crippen LogP contribution in [0.25, 0.3) is 0 Å². The van der Waals surface area contributed by atoms with E-state index in [0.717, 1.165) is 17.2 Å². The van der Waals surface area contributed by atoms with Crippen molar-refractivity contribution >= 4 is 17.2 Å². The molecule has 5 nitrogen and oxygen atoms in total. The van der Waals surface area contributed by atoms with Crippen molar-refractivity contribution in [3.63, 3.8) is 0 Å². The molecule has 0 spiro atoms. The van der Waals surface area contributed by atoms with E-state index in [-0.39, 0.29) is 11.9 Å². The molecular formula is C16H19N3O2S. The van der Waals surface area contributed by atoms with E-state index >= 15 is 0 Å². The summed E-state index contributed by atoms with van der Waals surface area (Å²) in [6, 6.07) is 7.94. The number of methoxy groups -OCH3 is 1. The van der Waals surface area contributed by atoms with Crippen molar-refractivity contribution in [1.82, 2.24) is 9.88 Å². The van der Waals surface area contributed by atoms with Crippen LogP contribution in [0.1, 0.15) is 21.8 Å². The normalized spacial score (nSPS) is 18.1. The van der Waals surface area contributed by atoms with Crippen LogP contribution in [0.4, 0.5) is 0 Å². The number of hydrogen-bond donors (Lipinski definition) is 1. The van der Waals surface area contributed by atoms with Gasteiger partial charge < -0.3 is 10.5 Å². The molecule has 2 N–H and O–H groups in total. The Balaban J connectivity index is 1.79. The second-order valence-corrected chi connectivity index (χ2v) is 6.40. The molecular weight excluding hydrogens is 298 g/mol. The smallest absolute Gasteiger partial charge is 0.235 e. The number of nitrogens with zero attached hydrogens (tertiary/aromatic N) is 2. The van der Waals surface area contributed by atoms with Crippen LogP contribution in [0.2, 0.25) is 0 Å². The molecule has 0 aliphatic carbocycles. The van der Waals surface area contributed by atoms with Crippen molar-refractivity contribution in [3.8, 4) is 0 Å². The number of rotatable bonds is 5. The fourth-order valence-corrected chi connectivity index (χ4v) is 3.60. The molecule has 22 heavy (non-hydrogen) atoms. The Bertz CT molecular complexity index is 671. The zero-order chi connectivity index (χ0) is 15.5. The Hall–Kier alpha value is -1.76.